The minimum atomic E-state index is 0.981. The molecule has 2 aromatic rings. The summed E-state index contributed by atoms with van der Waals surface area (Å²) in [5, 5.41) is 0. The number of aryl methyl sites for hydroxylation is 3. The molecular weight excluding hydrogens is 244 g/mol. The monoisotopic (exact) mass is 266 g/mol. The third-order valence-electron chi connectivity index (χ3n) is 4.05. The van der Waals surface area contributed by atoms with Gasteiger partial charge in [-0.05, 0) is 44.0 Å². The van der Waals surface area contributed by atoms with Crippen molar-refractivity contribution in [2.24, 2.45) is 0 Å². The van der Waals surface area contributed by atoms with Gasteiger partial charge in [-0.3, -0.25) is 0 Å². The van der Waals surface area contributed by atoms with E-state index in [9.17, 15) is 0 Å². The van der Waals surface area contributed by atoms with Crippen molar-refractivity contribution in [1.82, 2.24) is 0 Å². The van der Waals surface area contributed by atoms with Crippen LogP contribution in [0.4, 0.5) is 11.4 Å². The second-order valence-electron chi connectivity index (χ2n) is 5.75. The molecule has 2 nitrogen and oxygen atoms in total. The van der Waals surface area contributed by atoms with Gasteiger partial charge in [-0.1, -0.05) is 35.9 Å². The van der Waals surface area contributed by atoms with Crippen molar-refractivity contribution >= 4 is 11.4 Å². The number of para-hydroxylation sites is 1. The van der Waals surface area contributed by atoms with Gasteiger partial charge in [-0.2, -0.15) is 0 Å². The molecule has 2 aromatic carbocycles. The first-order valence-electron chi connectivity index (χ1n) is 7.28. The molecule has 2 heteroatoms. The van der Waals surface area contributed by atoms with Crippen molar-refractivity contribution in [3.8, 4) is 0 Å². The normalized spacial score (nSPS) is 14.9. The zero-order valence-corrected chi connectivity index (χ0v) is 12.6. The lowest BCUT2D eigenvalue weighted by atomic mass is 10.0. The van der Waals surface area contributed by atoms with Crippen LogP contribution in [0.25, 0.3) is 0 Å². The minimum Gasteiger partial charge on any atom is -0.352 e. The first-order valence-corrected chi connectivity index (χ1v) is 7.28. The molecule has 0 bridgehead atoms. The van der Waals surface area contributed by atoms with Crippen molar-refractivity contribution in [2.75, 3.05) is 29.6 Å². The Labute approximate surface area is 121 Å². The molecule has 0 saturated carbocycles. The summed E-state index contributed by atoms with van der Waals surface area (Å²) >= 11 is 0. The summed E-state index contributed by atoms with van der Waals surface area (Å²) in [6, 6.07) is 15.3. The summed E-state index contributed by atoms with van der Waals surface area (Å²) in [5.41, 5.74) is 6.85. The Kier molecular flexibility index (Phi) is 3.39. The predicted octanol–water partition coefficient (Wildman–Crippen LogP) is 3.90. The molecule has 0 spiro atoms. The van der Waals surface area contributed by atoms with E-state index in [0.29, 0.717) is 0 Å². The van der Waals surface area contributed by atoms with Crippen LogP contribution >= 0.6 is 0 Å². The van der Waals surface area contributed by atoms with Gasteiger partial charge in [0.15, 0.2) is 0 Å². The number of rotatable bonds is 2. The Balaban J connectivity index is 1.85. The average Bonchev–Trinajstić information content (AvgIpc) is 2.88. The summed E-state index contributed by atoms with van der Waals surface area (Å²) in [6.07, 6.45) is 0. The summed E-state index contributed by atoms with van der Waals surface area (Å²) in [6.45, 7) is 9.79. The van der Waals surface area contributed by atoms with Crippen LogP contribution in [0.1, 0.15) is 16.7 Å². The topological polar surface area (TPSA) is 6.48 Å². The largest absolute Gasteiger partial charge is 0.352 e. The molecule has 0 aromatic heterocycles. The maximum Gasteiger partial charge on any atom is 0.0904 e. The van der Waals surface area contributed by atoms with Crippen LogP contribution in [0.15, 0.2) is 42.5 Å². The van der Waals surface area contributed by atoms with E-state index in [0.717, 1.165) is 19.8 Å². The average molecular weight is 266 g/mol. The fourth-order valence-electron chi connectivity index (χ4n) is 3.29. The standard InChI is InChI=1S/C18H22N2/c1-14-11-15(2)18(16(3)12-14)20-10-9-19(13-20)17-7-5-4-6-8-17/h4-8,11-12H,9-10,13H2,1-3H3. The quantitative estimate of drug-likeness (QED) is 0.813. The Bertz CT molecular complexity index is 581. The second kappa shape index (κ2) is 5.20. The zero-order chi connectivity index (χ0) is 14.1. The number of nitrogens with zero attached hydrogens (tertiary/aromatic N) is 2. The van der Waals surface area contributed by atoms with Gasteiger partial charge in [0, 0.05) is 24.5 Å². The third-order valence-corrected chi connectivity index (χ3v) is 4.05. The molecule has 1 aliphatic heterocycles. The van der Waals surface area contributed by atoms with Crippen LogP contribution in [0, 0.1) is 20.8 Å². The van der Waals surface area contributed by atoms with Crippen LogP contribution in [-0.4, -0.2) is 19.8 Å². The van der Waals surface area contributed by atoms with Crippen molar-refractivity contribution in [2.45, 2.75) is 20.8 Å². The number of hydrogen-bond acceptors (Lipinski definition) is 2. The molecular formula is C18H22N2. The zero-order valence-electron chi connectivity index (χ0n) is 12.6. The van der Waals surface area contributed by atoms with Gasteiger partial charge in [0.1, 0.15) is 0 Å². The molecule has 1 heterocycles. The molecule has 0 amide bonds. The van der Waals surface area contributed by atoms with E-state index in [-0.39, 0.29) is 0 Å². The summed E-state index contributed by atoms with van der Waals surface area (Å²) in [7, 11) is 0. The van der Waals surface area contributed by atoms with Crippen molar-refractivity contribution in [3.05, 3.63) is 59.2 Å². The Morgan fingerprint density at radius 1 is 0.800 bits per heavy atom. The summed E-state index contributed by atoms with van der Waals surface area (Å²) < 4.78 is 0. The molecule has 0 unspecified atom stereocenters. The molecule has 0 aliphatic carbocycles. The highest BCUT2D eigenvalue weighted by molar-refractivity contribution is 5.63. The second-order valence-corrected chi connectivity index (χ2v) is 5.75. The Hall–Kier alpha value is -1.96. The lowest BCUT2D eigenvalue weighted by Gasteiger charge is -2.24. The smallest absolute Gasteiger partial charge is 0.0904 e. The lowest BCUT2D eigenvalue weighted by molar-refractivity contribution is 0.939. The highest BCUT2D eigenvalue weighted by Crippen LogP contribution is 2.29. The van der Waals surface area contributed by atoms with Crippen LogP contribution in [0.3, 0.4) is 0 Å². The molecule has 1 fully saturated rings. The fourth-order valence-corrected chi connectivity index (χ4v) is 3.29. The SMILES string of the molecule is Cc1cc(C)c(N2CCN(c3ccccc3)C2)c(C)c1. The van der Waals surface area contributed by atoms with E-state index in [4.69, 9.17) is 0 Å². The molecule has 104 valence electrons. The van der Waals surface area contributed by atoms with Crippen LogP contribution in [0.2, 0.25) is 0 Å². The van der Waals surface area contributed by atoms with Gasteiger partial charge in [0.05, 0.1) is 6.67 Å². The lowest BCUT2D eigenvalue weighted by Crippen LogP contribution is -2.26. The molecule has 1 aliphatic rings. The highest BCUT2D eigenvalue weighted by atomic mass is 15.4. The van der Waals surface area contributed by atoms with E-state index in [2.05, 4.69) is 73.0 Å². The van der Waals surface area contributed by atoms with Crippen LogP contribution < -0.4 is 9.80 Å². The van der Waals surface area contributed by atoms with E-state index in [1.165, 1.54) is 28.1 Å². The predicted molar refractivity (Wildman–Crippen MR) is 86.7 cm³/mol. The van der Waals surface area contributed by atoms with Gasteiger partial charge in [-0.25, -0.2) is 0 Å². The van der Waals surface area contributed by atoms with Crippen LogP contribution in [0.5, 0.6) is 0 Å². The van der Waals surface area contributed by atoms with E-state index >= 15 is 0 Å². The molecule has 0 atom stereocenters. The Morgan fingerprint density at radius 3 is 2.05 bits per heavy atom. The molecule has 1 saturated heterocycles. The number of hydrogen-bond donors (Lipinski definition) is 0. The maximum absolute atomic E-state index is 2.50. The van der Waals surface area contributed by atoms with Crippen molar-refractivity contribution < 1.29 is 0 Å². The Morgan fingerprint density at radius 2 is 1.40 bits per heavy atom. The van der Waals surface area contributed by atoms with Gasteiger partial charge in [0.2, 0.25) is 0 Å². The van der Waals surface area contributed by atoms with Crippen molar-refractivity contribution in [3.63, 3.8) is 0 Å². The van der Waals surface area contributed by atoms with Gasteiger partial charge >= 0.3 is 0 Å². The molecule has 20 heavy (non-hydrogen) atoms. The van der Waals surface area contributed by atoms with E-state index < -0.39 is 0 Å². The summed E-state index contributed by atoms with van der Waals surface area (Å²) in [4.78, 5) is 4.94. The van der Waals surface area contributed by atoms with Gasteiger partial charge in [0.25, 0.3) is 0 Å². The molecule has 0 N–H and O–H groups in total. The first kappa shape index (κ1) is 13.0. The number of benzene rings is 2. The highest BCUT2D eigenvalue weighted by Gasteiger charge is 2.22. The number of anilines is 2. The first-order chi connectivity index (χ1) is 9.65. The third kappa shape index (κ3) is 2.38. The van der Waals surface area contributed by atoms with E-state index in [1.54, 1.807) is 0 Å². The minimum absolute atomic E-state index is 0.981. The van der Waals surface area contributed by atoms with Gasteiger partial charge in [-0.15, -0.1) is 0 Å². The summed E-state index contributed by atoms with van der Waals surface area (Å²) in [5.74, 6) is 0. The van der Waals surface area contributed by atoms with Crippen LogP contribution in [-0.2, 0) is 0 Å². The van der Waals surface area contributed by atoms with E-state index in [1.807, 2.05) is 0 Å². The van der Waals surface area contributed by atoms with Crippen molar-refractivity contribution in [1.29, 1.82) is 0 Å². The molecule has 0 radical (unpaired) electrons. The maximum atomic E-state index is 2.50. The fraction of sp³-hybridized carbons (Fsp3) is 0.333. The van der Waals surface area contributed by atoms with Gasteiger partial charge < -0.3 is 9.80 Å². The molecule has 3 rings (SSSR count).